The van der Waals surface area contributed by atoms with Crippen LogP contribution >= 0.6 is 10.0 Å². The highest BCUT2D eigenvalue weighted by Crippen LogP contribution is 2.78. The van der Waals surface area contributed by atoms with E-state index >= 15 is 61.5 Å². The summed E-state index contributed by atoms with van der Waals surface area (Å²) in [5.74, 6) is -53.2. The summed E-state index contributed by atoms with van der Waals surface area (Å²) < 4.78 is 262. The molecule has 0 aliphatic heterocycles. The van der Waals surface area contributed by atoms with E-state index in [1.807, 2.05) is 0 Å². The van der Waals surface area contributed by atoms with Crippen LogP contribution in [-0.2, 0) is 0 Å². The van der Waals surface area contributed by atoms with Crippen molar-refractivity contribution < 1.29 is 74.6 Å². The molecule has 0 radical (unpaired) electrons. The summed E-state index contributed by atoms with van der Waals surface area (Å²) in [6.45, 7) is 8.34. The highest BCUT2D eigenvalue weighted by Gasteiger charge is 2.54. The van der Waals surface area contributed by atoms with Crippen LogP contribution in [0.25, 0.3) is 18.2 Å². The van der Waals surface area contributed by atoms with Gasteiger partial charge in [0.1, 0.15) is 0 Å². The molecule has 4 aromatic carbocycles. The minimum Gasteiger partial charge on any atom is -0.203 e. The summed E-state index contributed by atoms with van der Waals surface area (Å²) in [6, 6.07) is 0. The zero-order valence-corrected chi connectivity index (χ0v) is 23.5. The summed E-state index contributed by atoms with van der Waals surface area (Å²) in [6.07, 6.45) is -0.0572. The van der Waals surface area contributed by atoms with Crippen molar-refractivity contribution in [2.75, 3.05) is 0 Å². The Morgan fingerprint density at radius 3 is 0.562 bits per heavy atom. The minimum atomic E-state index is -7.22. The molecule has 0 aliphatic rings. The van der Waals surface area contributed by atoms with Gasteiger partial charge in [-0.2, -0.15) is 0 Å². The van der Waals surface area contributed by atoms with Crippen LogP contribution in [0.1, 0.15) is 16.7 Å². The van der Waals surface area contributed by atoms with E-state index in [2.05, 4.69) is 19.7 Å². The van der Waals surface area contributed by atoms with Crippen molar-refractivity contribution in [3.05, 3.63) is 135 Å². The van der Waals surface area contributed by atoms with Crippen molar-refractivity contribution in [1.29, 1.82) is 0 Å². The molecule has 0 aliphatic carbocycles. The van der Waals surface area contributed by atoms with E-state index in [0.717, 1.165) is 0 Å². The Bertz CT molecular complexity index is 1820. The van der Waals surface area contributed by atoms with Crippen LogP contribution < -0.4 is 0 Å². The second-order valence-corrected chi connectivity index (χ2v) is 12.0. The second-order valence-electron chi connectivity index (χ2n) is 9.12. The van der Waals surface area contributed by atoms with E-state index in [-0.39, 0.29) is 18.2 Å². The monoisotopic (exact) mass is 724 g/mol. The average molecular weight is 724 g/mol. The Kier molecular flexibility index (Phi) is 9.30. The lowest BCUT2D eigenvalue weighted by Gasteiger charge is -2.42. The molecule has 0 nitrogen and oxygen atoms in total. The Labute approximate surface area is 258 Å². The van der Waals surface area contributed by atoms with Crippen molar-refractivity contribution in [2.45, 2.75) is 19.6 Å². The first-order valence-corrected chi connectivity index (χ1v) is 13.8. The first-order chi connectivity index (χ1) is 22.3. The fraction of sp³-hybridized carbons (Fsp3) is 0. The van der Waals surface area contributed by atoms with Gasteiger partial charge >= 0.3 is 0 Å². The molecule has 0 saturated carbocycles. The molecule has 0 bridgehead atoms. The molecule has 0 aromatic heterocycles. The van der Waals surface area contributed by atoms with E-state index in [1.54, 1.807) is 0 Å². The van der Waals surface area contributed by atoms with Crippen LogP contribution in [0.2, 0.25) is 0 Å². The molecule has 0 unspecified atom stereocenters. The van der Waals surface area contributed by atoms with Crippen LogP contribution in [0.15, 0.2) is 39.3 Å². The van der Waals surface area contributed by atoms with E-state index in [0.29, 0.717) is 0 Å². The standard InChI is InChI=1S/C30H9F17S/c1-4-7-10(31)19(40)27(20(41)11(7)32)48(30-25(46)17(38)16(37)18(39)26(30)47,28-21(42)12(33)8(5-2)13(34)22(28)43)29-23(44)14(35)9(6-3)15(36)24(29)45/h4-6H,1-3H2. The van der Waals surface area contributed by atoms with Gasteiger partial charge in [0, 0.05) is 0 Å². The molecule has 254 valence electrons. The predicted molar refractivity (Wildman–Crippen MR) is 136 cm³/mol. The lowest BCUT2D eigenvalue weighted by molar-refractivity contribution is 0.357. The van der Waals surface area contributed by atoms with Crippen LogP contribution in [0.4, 0.5) is 74.6 Å². The van der Waals surface area contributed by atoms with Gasteiger partial charge in [-0.15, -0.1) is 10.0 Å². The topological polar surface area (TPSA) is 0 Å². The fourth-order valence-electron chi connectivity index (χ4n) is 4.70. The summed E-state index contributed by atoms with van der Waals surface area (Å²) in [4.78, 5) is -12.7. The van der Waals surface area contributed by atoms with Crippen molar-refractivity contribution in [1.82, 2.24) is 0 Å². The molecule has 0 spiro atoms. The number of hydrogen-bond donors (Lipinski definition) is 0. The molecule has 4 aromatic rings. The van der Waals surface area contributed by atoms with Gasteiger partial charge in [-0.05, 0) is 0 Å². The molecule has 0 N–H and O–H groups in total. The molecule has 0 amide bonds. The third-order valence-electron chi connectivity index (χ3n) is 6.78. The molecular formula is C30H9F17S. The van der Waals surface area contributed by atoms with Gasteiger partial charge in [0.25, 0.3) is 0 Å². The maximum atomic E-state index is 16.0. The SMILES string of the molecule is C=Cc1c(F)c(F)c(S(c2c(F)c(F)c(F)c(F)c2F)(c2c(F)c(F)c(C=C)c(F)c2F)c2c(F)c(F)c(C=C)c(F)c2F)c(F)c1F. The van der Waals surface area contributed by atoms with Gasteiger partial charge in [0.15, 0.2) is 93.1 Å². The molecule has 48 heavy (non-hydrogen) atoms. The molecule has 18 heteroatoms. The number of rotatable bonds is 7. The van der Waals surface area contributed by atoms with Crippen molar-refractivity contribution in [3.8, 4) is 0 Å². The molecule has 0 fully saturated rings. The van der Waals surface area contributed by atoms with Crippen molar-refractivity contribution >= 4 is 28.3 Å². The maximum Gasteiger partial charge on any atom is 0.200 e. The van der Waals surface area contributed by atoms with Gasteiger partial charge in [0.05, 0.1) is 36.3 Å². The van der Waals surface area contributed by atoms with Crippen LogP contribution in [-0.4, -0.2) is 0 Å². The van der Waals surface area contributed by atoms with Crippen LogP contribution in [0.3, 0.4) is 0 Å². The number of benzene rings is 4. The summed E-state index contributed by atoms with van der Waals surface area (Å²) >= 11 is 0. The van der Waals surface area contributed by atoms with Crippen molar-refractivity contribution in [3.63, 3.8) is 0 Å². The van der Waals surface area contributed by atoms with E-state index in [1.165, 1.54) is 0 Å². The Balaban J connectivity index is 2.72. The van der Waals surface area contributed by atoms with Crippen molar-refractivity contribution in [2.24, 2.45) is 0 Å². The zero-order chi connectivity index (χ0) is 36.5. The Morgan fingerprint density at radius 2 is 0.396 bits per heavy atom. The highest BCUT2D eigenvalue weighted by molar-refractivity contribution is 8.34. The van der Waals surface area contributed by atoms with E-state index in [9.17, 15) is 13.2 Å². The predicted octanol–water partition coefficient (Wildman–Crippen LogP) is 11.3. The van der Waals surface area contributed by atoms with E-state index in [4.69, 9.17) is 0 Å². The maximum absolute atomic E-state index is 16.0. The minimum absolute atomic E-state index is 0.0191. The summed E-state index contributed by atoms with van der Waals surface area (Å²) in [7, 11) is -7.22. The lowest BCUT2D eigenvalue weighted by atomic mass is 10.1. The molecule has 0 saturated heterocycles. The van der Waals surface area contributed by atoms with Gasteiger partial charge in [-0.25, -0.2) is 74.6 Å². The van der Waals surface area contributed by atoms with Gasteiger partial charge in [-0.1, -0.05) is 38.0 Å². The third-order valence-corrected chi connectivity index (χ3v) is 10.7. The first kappa shape index (κ1) is 36.1. The normalized spacial score (nSPS) is 12.0. The smallest absolute Gasteiger partial charge is 0.200 e. The Morgan fingerprint density at radius 1 is 0.250 bits per heavy atom. The lowest BCUT2D eigenvalue weighted by Crippen LogP contribution is -2.23. The summed E-state index contributed by atoms with van der Waals surface area (Å²) in [5.41, 5.74) is -5.67. The Hall–Kier alpha value is -4.74. The number of halogens is 17. The molecule has 4 rings (SSSR count). The van der Waals surface area contributed by atoms with Crippen LogP contribution in [0.5, 0.6) is 0 Å². The molecule has 0 atom stereocenters. The summed E-state index contributed by atoms with van der Waals surface area (Å²) in [5, 5.41) is 0. The quantitative estimate of drug-likeness (QED) is 0.101. The van der Waals surface area contributed by atoms with Gasteiger partial charge in [0.2, 0.25) is 5.82 Å². The molecule has 0 heterocycles. The third kappa shape index (κ3) is 4.55. The molecular weight excluding hydrogens is 715 g/mol. The highest BCUT2D eigenvalue weighted by atomic mass is 32.3. The first-order valence-electron chi connectivity index (χ1n) is 12.1. The second kappa shape index (κ2) is 12.4. The van der Waals surface area contributed by atoms with Gasteiger partial charge in [-0.3, -0.25) is 0 Å². The van der Waals surface area contributed by atoms with E-state index < -0.39 is 145 Å². The van der Waals surface area contributed by atoms with Gasteiger partial charge < -0.3 is 0 Å². The number of hydrogen-bond acceptors (Lipinski definition) is 0. The van der Waals surface area contributed by atoms with Crippen LogP contribution in [0, 0.1) is 98.9 Å². The fourth-order valence-corrected chi connectivity index (χ4v) is 8.79. The zero-order valence-electron chi connectivity index (χ0n) is 22.7. The average Bonchev–Trinajstić information content (AvgIpc) is 3.04. The largest absolute Gasteiger partial charge is 0.203 e.